The first kappa shape index (κ1) is 28.2. The normalized spacial score (nSPS) is 26.4. The number of hydrogen-bond donors (Lipinski definition) is 3. The number of aromatic nitrogens is 2. The van der Waals surface area contributed by atoms with Crippen molar-refractivity contribution in [2.75, 3.05) is 6.61 Å². The van der Waals surface area contributed by atoms with Crippen molar-refractivity contribution in [1.29, 1.82) is 0 Å². The Balaban J connectivity index is 1.80. The summed E-state index contributed by atoms with van der Waals surface area (Å²) in [4.78, 5) is 37.7. The second-order valence-corrected chi connectivity index (χ2v) is 11.1. The summed E-state index contributed by atoms with van der Waals surface area (Å²) < 4.78 is 48.5. The van der Waals surface area contributed by atoms with E-state index >= 15 is 4.39 Å². The molecule has 1 unspecified atom stereocenters. The summed E-state index contributed by atoms with van der Waals surface area (Å²) in [7, 11) is -4.32. The molecule has 0 radical (unpaired) electrons. The molecule has 1 fully saturated rings. The number of ether oxygens (including phenoxy) is 2. The number of benzene rings is 1. The second kappa shape index (κ2) is 11.4. The molecular weight excluding hydrogens is 568 g/mol. The highest BCUT2D eigenvalue weighted by Gasteiger charge is 2.57. The standard InChI is InChI=1S/C21H26BrFN3O9P/c1-12(2)33-18(29)13(3)25-36(31,35-14-7-5-4-6-8-14)32-11-15-17(28)21(22,23)19(34-15)26-10-9-16(27)24-20(26)30/h4-10,12-13,15,17,19,28H,11H2,1-3H3,(H,25,31)(H,24,27,30)/t13-,15+,17+,19?,21-,36-/m0/s1. The zero-order valence-electron chi connectivity index (χ0n) is 19.5. The van der Waals surface area contributed by atoms with Crippen molar-refractivity contribution >= 4 is 29.6 Å². The van der Waals surface area contributed by atoms with Crippen LogP contribution in [0.2, 0.25) is 0 Å². The van der Waals surface area contributed by atoms with Gasteiger partial charge in [0.05, 0.1) is 12.7 Å². The molecule has 1 aromatic heterocycles. The number of esters is 1. The highest BCUT2D eigenvalue weighted by atomic mass is 79.9. The van der Waals surface area contributed by atoms with E-state index in [1.807, 2.05) is 4.98 Å². The molecular formula is C21H26BrFN3O9P. The van der Waals surface area contributed by atoms with Gasteiger partial charge in [-0.15, -0.1) is 0 Å². The molecule has 1 saturated heterocycles. The minimum Gasteiger partial charge on any atom is -0.462 e. The minimum absolute atomic E-state index is 0.142. The number of aliphatic hydroxyl groups excluding tert-OH is 1. The van der Waals surface area contributed by atoms with Gasteiger partial charge in [-0.1, -0.05) is 18.2 Å². The maximum atomic E-state index is 15.3. The van der Waals surface area contributed by atoms with E-state index in [9.17, 15) is 24.1 Å². The number of alkyl halides is 2. The number of carbonyl (C=O) groups excluding carboxylic acids is 1. The largest absolute Gasteiger partial charge is 0.462 e. The van der Waals surface area contributed by atoms with E-state index in [0.717, 1.165) is 16.8 Å². The molecule has 12 nitrogen and oxygen atoms in total. The molecule has 36 heavy (non-hydrogen) atoms. The van der Waals surface area contributed by atoms with Crippen LogP contribution in [0.3, 0.4) is 0 Å². The molecule has 6 atom stereocenters. The minimum atomic E-state index is -4.32. The Morgan fingerprint density at radius 1 is 1.31 bits per heavy atom. The fourth-order valence-electron chi connectivity index (χ4n) is 3.22. The van der Waals surface area contributed by atoms with Gasteiger partial charge in [0, 0.05) is 12.3 Å². The van der Waals surface area contributed by atoms with Crippen molar-refractivity contribution < 1.29 is 37.4 Å². The number of rotatable bonds is 10. The quantitative estimate of drug-likeness (QED) is 0.211. The van der Waals surface area contributed by atoms with E-state index in [4.69, 9.17) is 18.5 Å². The molecule has 0 spiro atoms. The van der Waals surface area contributed by atoms with Crippen LogP contribution in [0.5, 0.6) is 5.75 Å². The Morgan fingerprint density at radius 3 is 2.58 bits per heavy atom. The van der Waals surface area contributed by atoms with Crippen LogP contribution >= 0.6 is 23.7 Å². The molecule has 15 heteroatoms. The molecule has 0 amide bonds. The van der Waals surface area contributed by atoms with E-state index in [-0.39, 0.29) is 5.75 Å². The molecule has 1 aromatic carbocycles. The monoisotopic (exact) mass is 593 g/mol. The van der Waals surface area contributed by atoms with E-state index < -0.39 is 66.7 Å². The molecule has 3 N–H and O–H groups in total. The summed E-state index contributed by atoms with van der Waals surface area (Å²) in [5.41, 5.74) is -1.68. The Morgan fingerprint density at radius 2 is 1.97 bits per heavy atom. The summed E-state index contributed by atoms with van der Waals surface area (Å²) in [6.07, 6.45) is -4.46. The van der Waals surface area contributed by atoms with Crippen LogP contribution in [0.15, 0.2) is 52.2 Å². The zero-order chi connectivity index (χ0) is 26.7. The Hall–Kier alpha value is -2.35. The molecule has 1 aliphatic heterocycles. The summed E-state index contributed by atoms with van der Waals surface area (Å²) in [5.74, 6) is -0.577. The summed E-state index contributed by atoms with van der Waals surface area (Å²) in [6, 6.07) is 7.79. The third kappa shape index (κ3) is 6.69. The highest BCUT2D eigenvalue weighted by molar-refractivity contribution is 9.10. The Kier molecular flexibility index (Phi) is 8.91. The van der Waals surface area contributed by atoms with Crippen molar-refractivity contribution in [1.82, 2.24) is 14.6 Å². The fraction of sp³-hybridized carbons (Fsp3) is 0.476. The van der Waals surface area contributed by atoms with Gasteiger partial charge in [-0.25, -0.2) is 13.8 Å². The average Bonchev–Trinajstić information content (AvgIpc) is 3.01. The first-order chi connectivity index (χ1) is 16.8. The molecule has 2 heterocycles. The van der Waals surface area contributed by atoms with Crippen LogP contribution < -0.4 is 20.9 Å². The van der Waals surface area contributed by atoms with Gasteiger partial charge in [0.25, 0.3) is 5.56 Å². The van der Waals surface area contributed by atoms with E-state index in [1.54, 1.807) is 32.0 Å². The molecule has 3 rings (SSSR count). The van der Waals surface area contributed by atoms with E-state index in [1.165, 1.54) is 19.1 Å². The summed E-state index contributed by atoms with van der Waals surface area (Å²) in [6.45, 7) is 4.01. The number of nitrogens with one attached hydrogen (secondary N) is 2. The lowest BCUT2D eigenvalue weighted by atomic mass is 10.1. The van der Waals surface area contributed by atoms with Gasteiger partial charge in [0.15, 0.2) is 6.23 Å². The molecule has 1 aliphatic rings. The number of aromatic amines is 1. The lowest BCUT2D eigenvalue weighted by Crippen LogP contribution is -2.41. The predicted octanol–water partition coefficient (Wildman–Crippen LogP) is 1.99. The van der Waals surface area contributed by atoms with Gasteiger partial charge >= 0.3 is 19.4 Å². The van der Waals surface area contributed by atoms with Gasteiger partial charge in [-0.05, 0) is 48.8 Å². The molecule has 0 bridgehead atoms. The van der Waals surface area contributed by atoms with Crippen LogP contribution in [0, 0.1) is 0 Å². The second-order valence-electron chi connectivity index (χ2n) is 8.20. The van der Waals surface area contributed by atoms with Crippen LogP contribution in [-0.2, 0) is 23.4 Å². The predicted molar refractivity (Wildman–Crippen MR) is 128 cm³/mol. The third-order valence-electron chi connectivity index (χ3n) is 4.92. The number of para-hydroxylation sites is 1. The lowest BCUT2D eigenvalue weighted by molar-refractivity contribution is -0.149. The van der Waals surface area contributed by atoms with Gasteiger partial charge in [-0.2, -0.15) is 5.09 Å². The number of nitrogens with zero attached hydrogens (tertiary/aromatic N) is 1. The van der Waals surface area contributed by atoms with Crippen molar-refractivity contribution in [3.8, 4) is 5.75 Å². The molecule has 0 saturated carbocycles. The van der Waals surface area contributed by atoms with Crippen molar-refractivity contribution in [3.63, 3.8) is 0 Å². The van der Waals surface area contributed by atoms with Crippen LogP contribution in [0.25, 0.3) is 0 Å². The number of hydrogen-bond acceptors (Lipinski definition) is 9. The van der Waals surface area contributed by atoms with Crippen molar-refractivity contribution in [2.24, 2.45) is 0 Å². The highest BCUT2D eigenvalue weighted by Crippen LogP contribution is 2.49. The fourth-order valence-corrected chi connectivity index (χ4v) is 5.35. The van der Waals surface area contributed by atoms with Gasteiger partial charge in [-0.3, -0.25) is 23.7 Å². The van der Waals surface area contributed by atoms with Crippen LogP contribution in [0.4, 0.5) is 4.39 Å². The van der Waals surface area contributed by atoms with Gasteiger partial charge in [0.2, 0.25) is 4.58 Å². The summed E-state index contributed by atoms with van der Waals surface area (Å²) >= 11 is 2.73. The van der Waals surface area contributed by atoms with E-state index in [2.05, 4.69) is 21.0 Å². The molecule has 2 aromatic rings. The Labute approximate surface area is 213 Å². The number of halogens is 2. The van der Waals surface area contributed by atoms with E-state index in [0.29, 0.717) is 0 Å². The van der Waals surface area contributed by atoms with Crippen LogP contribution in [-0.4, -0.2) is 56.2 Å². The maximum Gasteiger partial charge on any atom is 0.459 e. The summed E-state index contributed by atoms with van der Waals surface area (Å²) in [5, 5.41) is 13.0. The van der Waals surface area contributed by atoms with Gasteiger partial charge < -0.3 is 19.1 Å². The third-order valence-corrected chi connectivity index (χ3v) is 7.42. The van der Waals surface area contributed by atoms with Crippen molar-refractivity contribution in [3.05, 3.63) is 63.4 Å². The zero-order valence-corrected chi connectivity index (χ0v) is 22.0. The van der Waals surface area contributed by atoms with Gasteiger partial charge in [0.1, 0.15) is 24.0 Å². The van der Waals surface area contributed by atoms with Crippen LogP contribution in [0.1, 0.15) is 27.0 Å². The molecule has 0 aliphatic carbocycles. The SMILES string of the molecule is CC(C)OC(=O)[C@H](C)N[P@](=O)(OC[C@H]1OC(n2ccc(=O)[nH]c2=O)[C@](F)(Br)[C@@H]1O)Oc1ccccc1. The first-order valence-corrected chi connectivity index (χ1v) is 13.2. The van der Waals surface area contributed by atoms with Crippen molar-refractivity contribution in [2.45, 2.75) is 55.9 Å². The number of carbonyl (C=O) groups is 1. The lowest BCUT2D eigenvalue weighted by Gasteiger charge is -2.25. The Bertz CT molecular complexity index is 1220. The molecule has 198 valence electrons. The number of H-pyrrole nitrogens is 1. The first-order valence-electron chi connectivity index (χ1n) is 10.8. The number of aliphatic hydroxyl groups is 1. The smallest absolute Gasteiger partial charge is 0.459 e. The topological polar surface area (TPSA) is 158 Å². The maximum absolute atomic E-state index is 15.3. The average molecular weight is 594 g/mol.